The molecule has 0 unspecified atom stereocenters. The molecule has 2 aromatic carbocycles. The Bertz CT molecular complexity index is 1240. The van der Waals surface area contributed by atoms with Crippen molar-refractivity contribution in [3.63, 3.8) is 0 Å². The average Bonchev–Trinajstić information content (AvgIpc) is 3.48. The van der Waals surface area contributed by atoms with Crippen LogP contribution in [0.3, 0.4) is 0 Å². The van der Waals surface area contributed by atoms with Crippen LogP contribution in [0.25, 0.3) is 10.7 Å². The predicted octanol–water partition coefficient (Wildman–Crippen LogP) is 3.94. The second-order valence-corrected chi connectivity index (χ2v) is 9.03. The van der Waals surface area contributed by atoms with Gasteiger partial charge < -0.3 is 16.5 Å². The summed E-state index contributed by atoms with van der Waals surface area (Å²) in [5.74, 6) is 6.15. The van der Waals surface area contributed by atoms with Crippen LogP contribution in [0.2, 0.25) is 0 Å². The Balaban J connectivity index is 1.38. The number of hydrogen-bond acceptors (Lipinski definition) is 7. The maximum absolute atomic E-state index is 12.9. The summed E-state index contributed by atoms with van der Waals surface area (Å²) in [6.45, 7) is 1.92. The Morgan fingerprint density at radius 1 is 1.06 bits per heavy atom. The summed E-state index contributed by atoms with van der Waals surface area (Å²) >= 11 is 2.68. The zero-order chi connectivity index (χ0) is 23.2. The molecular weight excluding hydrogens is 456 g/mol. The molecule has 0 bridgehead atoms. The van der Waals surface area contributed by atoms with E-state index in [-0.39, 0.29) is 23.6 Å². The molecule has 0 fully saturated rings. The van der Waals surface area contributed by atoms with E-state index in [2.05, 4.69) is 20.8 Å². The molecule has 168 valence electrons. The molecule has 2 heterocycles. The number of rotatable bonds is 8. The minimum absolute atomic E-state index is 0.0656. The topological polar surface area (TPSA) is 115 Å². The number of carbonyl (C=O) groups excluding carboxylic acids is 2. The summed E-state index contributed by atoms with van der Waals surface area (Å²) in [7, 11) is 0. The lowest BCUT2D eigenvalue weighted by atomic mass is 10.1. The molecule has 0 aliphatic carbocycles. The molecule has 1 atom stereocenters. The Morgan fingerprint density at radius 3 is 2.58 bits per heavy atom. The van der Waals surface area contributed by atoms with Crippen LogP contribution in [0.1, 0.15) is 28.9 Å². The van der Waals surface area contributed by atoms with Gasteiger partial charge in [0.25, 0.3) is 5.91 Å². The molecule has 2 amide bonds. The molecule has 2 aromatic heterocycles. The van der Waals surface area contributed by atoms with Gasteiger partial charge in [0.2, 0.25) is 11.1 Å². The van der Waals surface area contributed by atoms with Gasteiger partial charge in [-0.25, -0.2) is 4.68 Å². The fourth-order valence-corrected chi connectivity index (χ4v) is 4.52. The lowest BCUT2D eigenvalue weighted by Crippen LogP contribution is -2.28. The van der Waals surface area contributed by atoms with Gasteiger partial charge in [-0.05, 0) is 36.1 Å². The summed E-state index contributed by atoms with van der Waals surface area (Å²) in [6, 6.07) is 20.2. The number of para-hydroxylation sites is 1. The highest BCUT2D eigenvalue weighted by Crippen LogP contribution is 2.25. The van der Waals surface area contributed by atoms with Crippen molar-refractivity contribution in [2.24, 2.45) is 0 Å². The van der Waals surface area contributed by atoms with Crippen molar-refractivity contribution >= 4 is 40.6 Å². The lowest BCUT2D eigenvalue weighted by Gasteiger charge is -2.16. The zero-order valence-corrected chi connectivity index (χ0v) is 19.4. The number of carbonyl (C=O) groups is 2. The van der Waals surface area contributed by atoms with Crippen LogP contribution in [0, 0.1) is 0 Å². The third kappa shape index (κ3) is 5.41. The van der Waals surface area contributed by atoms with Crippen molar-refractivity contribution < 1.29 is 9.59 Å². The molecule has 33 heavy (non-hydrogen) atoms. The zero-order valence-electron chi connectivity index (χ0n) is 17.8. The molecular formula is C23H22N6O2S2. The number of amides is 2. The third-order valence-electron chi connectivity index (χ3n) is 4.83. The van der Waals surface area contributed by atoms with Gasteiger partial charge in [-0.15, -0.1) is 21.5 Å². The second-order valence-electron chi connectivity index (χ2n) is 7.14. The highest BCUT2D eigenvalue weighted by molar-refractivity contribution is 7.99. The molecule has 0 spiro atoms. The van der Waals surface area contributed by atoms with E-state index in [9.17, 15) is 9.59 Å². The third-order valence-corrected chi connectivity index (χ3v) is 6.64. The monoisotopic (exact) mass is 478 g/mol. The highest BCUT2D eigenvalue weighted by atomic mass is 32.2. The van der Waals surface area contributed by atoms with Crippen LogP contribution >= 0.6 is 23.1 Å². The first-order valence-corrected chi connectivity index (χ1v) is 12.0. The van der Waals surface area contributed by atoms with Gasteiger partial charge in [0.15, 0.2) is 5.82 Å². The van der Waals surface area contributed by atoms with Gasteiger partial charge in [-0.1, -0.05) is 60.3 Å². The van der Waals surface area contributed by atoms with E-state index in [1.54, 1.807) is 24.3 Å². The Hall–Kier alpha value is -3.63. The predicted molar refractivity (Wildman–Crippen MR) is 132 cm³/mol. The first-order valence-electron chi connectivity index (χ1n) is 10.1. The van der Waals surface area contributed by atoms with Crippen LogP contribution in [0.15, 0.2) is 77.3 Å². The molecule has 4 rings (SSSR count). The molecule has 0 aliphatic heterocycles. The molecule has 4 N–H and O–H groups in total. The summed E-state index contributed by atoms with van der Waals surface area (Å²) in [6.07, 6.45) is 0. The first kappa shape index (κ1) is 22.6. The van der Waals surface area contributed by atoms with Gasteiger partial charge >= 0.3 is 0 Å². The fraction of sp³-hybridized carbons (Fsp3) is 0.130. The Morgan fingerprint density at radius 2 is 1.82 bits per heavy atom. The SMILES string of the molecule is C[C@H](NC(=O)c1ccccc1NC(=O)CSc1nnc(-c2cccs2)n1N)c1ccccc1. The number of thioether (sulfide) groups is 1. The quantitative estimate of drug-likeness (QED) is 0.261. The van der Waals surface area contributed by atoms with Crippen molar-refractivity contribution in [2.75, 3.05) is 16.9 Å². The number of nitrogens with zero attached hydrogens (tertiary/aromatic N) is 3. The molecule has 10 heteroatoms. The maximum Gasteiger partial charge on any atom is 0.253 e. The van der Waals surface area contributed by atoms with E-state index in [0.29, 0.717) is 22.2 Å². The lowest BCUT2D eigenvalue weighted by molar-refractivity contribution is -0.113. The molecule has 0 radical (unpaired) electrons. The van der Waals surface area contributed by atoms with E-state index in [0.717, 1.165) is 10.4 Å². The van der Waals surface area contributed by atoms with E-state index >= 15 is 0 Å². The number of aromatic nitrogens is 3. The maximum atomic E-state index is 12.9. The summed E-state index contributed by atoms with van der Waals surface area (Å²) in [4.78, 5) is 26.4. The minimum atomic E-state index is -0.281. The smallest absolute Gasteiger partial charge is 0.253 e. The number of thiophene rings is 1. The van der Waals surface area contributed by atoms with Gasteiger partial charge in [0.1, 0.15) is 0 Å². The summed E-state index contributed by atoms with van der Waals surface area (Å²) < 4.78 is 1.37. The van der Waals surface area contributed by atoms with E-state index in [4.69, 9.17) is 5.84 Å². The molecule has 8 nitrogen and oxygen atoms in total. The molecule has 4 aromatic rings. The fourth-order valence-electron chi connectivity index (χ4n) is 3.16. The van der Waals surface area contributed by atoms with Crippen molar-refractivity contribution in [3.05, 3.63) is 83.2 Å². The highest BCUT2D eigenvalue weighted by Gasteiger charge is 2.18. The van der Waals surface area contributed by atoms with Gasteiger partial charge in [-0.3, -0.25) is 9.59 Å². The van der Waals surface area contributed by atoms with Crippen LogP contribution in [0.4, 0.5) is 5.69 Å². The molecule has 0 saturated carbocycles. The average molecular weight is 479 g/mol. The Labute approximate surface area is 199 Å². The van der Waals surface area contributed by atoms with Crippen molar-refractivity contribution in [1.82, 2.24) is 20.2 Å². The largest absolute Gasteiger partial charge is 0.345 e. The normalized spacial score (nSPS) is 11.7. The van der Waals surface area contributed by atoms with Gasteiger partial charge in [0.05, 0.1) is 27.9 Å². The van der Waals surface area contributed by atoms with Gasteiger partial charge in [0, 0.05) is 0 Å². The number of nitrogens with one attached hydrogen (secondary N) is 2. The standard InChI is InChI=1S/C23H22N6O2S2/c1-15(16-8-3-2-4-9-16)25-22(31)17-10-5-6-11-18(17)26-20(30)14-33-23-28-27-21(29(23)24)19-12-7-13-32-19/h2-13,15H,14,24H2,1H3,(H,25,31)(H,26,30)/t15-/m0/s1. The molecule has 0 aliphatic rings. The van der Waals surface area contributed by atoms with Crippen LogP contribution in [-0.4, -0.2) is 32.4 Å². The van der Waals surface area contributed by atoms with Crippen LogP contribution < -0.4 is 16.5 Å². The van der Waals surface area contributed by atoms with Crippen LogP contribution in [-0.2, 0) is 4.79 Å². The van der Waals surface area contributed by atoms with E-state index in [1.165, 1.54) is 27.8 Å². The van der Waals surface area contributed by atoms with Gasteiger partial charge in [-0.2, -0.15) is 0 Å². The summed E-state index contributed by atoms with van der Waals surface area (Å²) in [5, 5.41) is 16.3. The molecule has 0 saturated heterocycles. The second kappa shape index (κ2) is 10.3. The van der Waals surface area contributed by atoms with E-state index < -0.39 is 0 Å². The van der Waals surface area contributed by atoms with Crippen molar-refractivity contribution in [3.8, 4) is 10.7 Å². The number of anilines is 1. The van der Waals surface area contributed by atoms with Crippen molar-refractivity contribution in [1.29, 1.82) is 0 Å². The number of nitrogen functional groups attached to an aromatic ring is 1. The number of nitrogens with two attached hydrogens (primary N) is 1. The van der Waals surface area contributed by atoms with Crippen LogP contribution in [0.5, 0.6) is 0 Å². The van der Waals surface area contributed by atoms with E-state index in [1.807, 2.05) is 54.8 Å². The van der Waals surface area contributed by atoms with Crippen molar-refractivity contribution in [2.45, 2.75) is 18.1 Å². The Kier molecular flexibility index (Phi) is 7.06. The number of hydrogen-bond donors (Lipinski definition) is 3. The number of benzene rings is 2. The minimum Gasteiger partial charge on any atom is -0.345 e. The first-order chi connectivity index (χ1) is 16.0. The summed E-state index contributed by atoms with van der Waals surface area (Å²) in [5.41, 5.74) is 1.83.